The summed E-state index contributed by atoms with van der Waals surface area (Å²) in [6.07, 6.45) is 5.22. The van der Waals surface area contributed by atoms with Crippen LogP contribution in [-0.4, -0.2) is 22.3 Å². The normalized spacial score (nSPS) is 11.2. The van der Waals surface area contributed by atoms with Crippen molar-refractivity contribution in [2.75, 3.05) is 7.11 Å². The van der Waals surface area contributed by atoms with E-state index < -0.39 is 0 Å². The molecule has 0 aliphatic rings. The number of allylic oxidation sites excluding steroid dienone is 1. The maximum Gasteiger partial charge on any atom is 0.204 e. The van der Waals surface area contributed by atoms with E-state index in [0.29, 0.717) is 5.69 Å². The Hall–Kier alpha value is -2.88. The first kappa shape index (κ1) is 14.1. The lowest BCUT2D eigenvalue weighted by atomic mass is 10.1. The van der Waals surface area contributed by atoms with E-state index in [1.54, 1.807) is 19.3 Å². The number of aromatic nitrogens is 2. The smallest absolute Gasteiger partial charge is 0.204 e. The molecule has 0 saturated heterocycles. The summed E-state index contributed by atoms with van der Waals surface area (Å²) in [6.45, 7) is 1.85. The molecule has 110 valence electrons. The minimum absolute atomic E-state index is 0.0629. The molecule has 0 atom stereocenters. The average Bonchev–Trinajstić information content (AvgIpc) is 2.89. The van der Waals surface area contributed by atoms with Crippen LogP contribution in [-0.2, 0) is 0 Å². The first-order valence-electron chi connectivity index (χ1n) is 6.99. The molecule has 0 N–H and O–H groups in total. The van der Waals surface area contributed by atoms with E-state index in [9.17, 15) is 4.79 Å². The van der Waals surface area contributed by atoms with Crippen LogP contribution in [0.3, 0.4) is 0 Å². The van der Waals surface area contributed by atoms with Crippen molar-refractivity contribution >= 4 is 17.5 Å². The number of imidazole rings is 1. The van der Waals surface area contributed by atoms with E-state index in [2.05, 4.69) is 4.98 Å². The van der Waals surface area contributed by atoms with E-state index in [1.807, 2.05) is 60.0 Å². The number of methoxy groups -OCH3 is 1. The van der Waals surface area contributed by atoms with Crippen LogP contribution in [0, 0.1) is 6.92 Å². The number of ketones is 1. The van der Waals surface area contributed by atoms with Gasteiger partial charge in [-0.05, 0) is 42.8 Å². The molecule has 4 nitrogen and oxygen atoms in total. The van der Waals surface area contributed by atoms with Crippen molar-refractivity contribution in [3.63, 3.8) is 0 Å². The number of nitrogens with zero attached hydrogens (tertiary/aromatic N) is 2. The van der Waals surface area contributed by atoms with Gasteiger partial charge in [-0.3, -0.25) is 9.20 Å². The lowest BCUT2D eigenvalue weighted by Gasteiger charge is -2.00. The quantitative estimate of drug-likeness (QED) is 0.545. The van der Waals surface area contributed by atoms with Crippen LogP contribution in [0.5, 0.6) is 5.75 Å². The van der Waals surface area contributed by atoms with Gasteiger partial charge in [0.05, 0.1) is 12.8 Å². The molecule has 22 heavy (non-hydrogen) atoms. The Morgan fingerprint density at radius 2 is 1.95 bits per heavy atom. The van der Waals surface area contributed by atoms with Crippen LogP contribution in [0.15, 0.2) is 54.7 Å². The van der Waals surface area contributed by atoms with Gasteiger partial charge in [-0.15, -0.1) is 0 Å². The maximum absolute atomic E-state index is 12.5. The summed E-state index contributed by atoms with van der Waals surface area (Å²) in [5.41, 5.74) is 3.05. The SMILES string of the molecule is COc1ccc(C=CC(=O)c2c(C)nc3ccccn23)cc1. The van der Waals surface area contributed by atoms with Crippen LogP contribution in [0.2, 0.25) is 0 Å². The highest BCUT2D eigenvalue weighted by Crippen LogP contribution is 2.15. The molecule has 4 heteroatoms. The molecule has 0 bridgehead atoms. The topological polar surface area (TPSA) is 43.6 Å². The van der Waals surface area contributed by atoms with Gasteiger partial charge in [0.25, 0.3) is 0 Å². The number of pyridine rings is 1. The van der Waals surface area contributed by atoms with Gasteiger partial charge in [-0.2, -0.15) is 0 Å². The molecule has 0 aliphatic carbocycles. The average molecular weight is 292 g/mol. The van der Waals surface area contributed by atoms with Gasteiger partial charge >= 0.3 is 0 Å². The number of hydrogen-bond donors (Lipinski definition) is 0. The highest BCUT2D eigenvalue weighted by Gasteiger charge is 2.13. The van der Waals surface area contributed by atoms with Gasteiger partial charge in [0.1, 0.15) is 17.1 Å². The minimum Gasteiger partial charge on any atom is -0.497 e. The fourth-order valence-electron chi connectivity index (χ4n) is 2.38. The van der Waals surface area contributed by atoms with Crippen LogP contribution in [0.25, 0.3) is 11.7 Å². The standard InChI is InChI=1S/C18H16N2O2/c1-13-18(20-12-4-3-5-17(20)19-13)16(21)11-8-14-6-9-15(22-2)10-7-14/h3-12H,1-2H3. The summed E-state index contributed by atoms with van der Waals surface area (Å²) < 4.78 is 6.93. The molecule has 0 unspecified atom stereocenters. The lowest BCUT2D eigenvalue weighted by molar-refractivity contribution is 0.104. The van der Waals surface area contributed by atoms with Crippen molar-refractivity contribution in [2.45, 2.75) is 6.92 Å². The molecular weight excluding hydrogens is 276 g/mol. The number of ether oxygens (including phenoxy) is 1. The molecule has 0 amide bonds. The van der Waals surface area contributed by atoms with Crippen LogP contribution >= 0.6 is 0 Å². The largest absolute Gasteiger partial charge is 0.497 e. The van der Waals surface area contributed by atoms with Gasteiger partial charge < -0.3 is 4.74 Å². The molecule has 0 radical (unpaired) electrons. The van der Waals surface area contributed by atoms with E-state index >= 15 is 0 Å². The summed E-state index contributed by atoms with van der Waals surface area (Å²) in [7, 11) is 1.63. The Kier molecular flexibility index (Phi) is 3.74. The molecule has 3 rings (SSSR count). The molecule has 0 fully saturated rings. The zero-order valence-corrected chi connectivity index (χ0v) is 12.5. The molecule has 0 saturated carbocycles. The Morgan fingerprint density at radius 1 is 1.18 bits per heavy atom. The van der Waals surface area contributed by atoms with Crippen LogP contribution in [0.1, 0.15) is 21.7 Å². The summed E-state index contributed by atoms with van der Waals surface area (Å²) >= 11 is 0. The summed E-state index contributed by atoms with van der Waals surface area (Å²) in [5.74, 6) is 0.730. The highest BCUT2D eigenvalue weighted by atomic mass is 16.5. The van der Waals surface area contributed by atoms with E-state index in [1.165, 1.54) is 0 Å². The van der Waals surface area contributed by atoms with Crippen molar-refractivity contribution in [3.8, 4) is 5.75 Å². The number of carbonyl (C=O) groups is 1. The number of fused-ring (bicyclic) bond motifs is 1. The molecule has 0 spiro atoms. The summed E-state index contributed by atoms with van der Waals surface area (Å²) in [4.78, 5) is 16.9. The van der Waals surface area contributed by atoms with E-state index in [4.69, 9.17) is 4.74 Å². The highest BCUT2D eigenvalue weighted by molar-refractivity contribution is 6.07. The van der Waals surface area contributed by atoms with Gasteiger partial charge in [0.2, 0.25) is 5.78 Å². The predicted octanol–water partition coefficient (Wildman–Crippen LogP) is 3.55. The van der Waals surface area contributed by atoms with Crippen molar-refractivity contribution in [3.05, 3.63) is 71.7 Å². The van der Waals surface area contributed by atoms with E-state index in [0.717, 1.165) is 22.7 Å². The molecule has 0 aliphatic heterocycles. The predicted molar refractivity (Wildman–Crippen MR) is 86.3 cm³/mol. The summed E-state index contributed by atoms with van der Waals surface area (Å²) in [5, 5.41) is 0. The zero-order valence-electron chi connectivity index (χ0n) is 12.5. The summed E-state index contributed by atoms with van der Waals surface area (Å²) in [6, 6.07) is 13.2. The second kappa shape index (κ2) is 5.85. The molecule has 2 heterocycles. The van der Waals surface area contributed by atoms with E-state index in [-0.39, 0.29) is 5.78 Å². The maximum atomic E-state index is 12.5. The molecule has 3 aromatic rings. The number of rotatable bonds is 4. The zero-order chi connectivity index (χ0) is 15.5. The number of aryl methyl sites for hydroxylation is 1. The molecular formula is C18H16N2O2. The molecule has 1 aromatic carbocycles. The third-order valence-electron chi connectivity index (χ3n) is 3.48. The van der Waals surface area contributed by atoms with Crippen molar-refractivity contribution < 1.29 is 9.53 Å². The Bertz CT molecular complexity index is 845. The van der Waals surface area contributed by atoms with Gasteiger partial charge in [0, 0.05) is 6.20 Å². The van der Waals surface area contributed by atoms with Crippen LogP contribution < -0.4 is 4.74 Å². The number of carbonyl (C=O) groups excluding carboxylic acids is 1. The minimum atomic E-state index is -0.0629. The third kappa shape index (κ3) is 2.63. The third-order valence-corrected chi connectivity index (χ3v) is 3.48. The Morgan fingerprint density at radius 3 is 2.68 bits per heavy atom. The Labute approximate surface area is 128 Å². The fraction of sp³-hybridized carbons (Fsp3) is 0.111. The lowest BCUT2D eigenvalue weighted by Crippen LogP contribution is -2.01. The second-order valence-electron chi connectivity index (χ2n) is 4.95. The number of benzene rings is 1. The first-order valence-corrected chi connectivity index (χ1v) is 6.99. The van der Waals surface area contributed by atoms with Gasteiger partial charge in [-0.25, -0.2) is 4.98 Å². The van der Waals surface area contributed by atoms with Crippen molar-refractivity contribution in [1.82, 2.24) is 9.38 Å². The first-order chi connectivity index (χ1) is 10.7. The van der Waals surface area contributed by atoms with Crippen molar-refractivity contribution in [2.24, 2.45) is 0 Å². The van der Waals surface area contributed by atoms with Crippen LogP contribution in [0.4, 0.5) is 0 Å². The van der Waals surface area contributed by atoms with Gasteiger partial charge in [0.15, 0.2) is 0 Å². The number of hydrogen-bond acceptors (Lipinski definition) is 3. The fourth-order valence-corrected chi connectivity index (χ4v) is 2.38. The monoisotopic (exact) mass is 292 g/mol. The Balaban J connectivity index is 1.89. The van der Waals surface area contributed by atoms with Gasteiger partial charge in [-0.1, -0.05) is 24.3 Å². The molecule has 2 aromatic heterocycles. The van der Waals surface area contributed by atoms with Crippen molar-refractivity contribution in [1.29, 1.82) is 0 Å². The second-order valence-corrected chi connectivity index (χ2v) is 4.95.